The van der Waals surface area contributed by atoms with E-state index in [2.05, 4.69) is 15.9 Å². The van der Waals surface area contributed by atoms with Crippen LogP contribution in [0, 0.1) is 0 Å². The molecule has 0 spiro atoms. The second kappa shape index (κ2) is 4.11. The molecule has 3 nitrogen and oxygen atoms in total. The first kappa shape index (κ1) is 10.9. The van der Waals surface area contributed by atoms with Gasteiger partial charge in [0.15, 0.2) is 4.67 Å². The van der Waals surface area contributed by atoms with Gasteiger partial charge in [0.1, 0.15) is 10.1 Å². The van der Waals surface area contributed by atoms with Crippen LogP contribution in [0.3, 0.4) is 0 Å². The summed E-state index contributed by atoms with van der Waals surface area (Å²) in [5.74, 6) is 0.549. The van der Waals surface area contributed by atoms with E-state index >= 15 is 0 Å². The zero-order chi connectivity index (χ0) is 11.0. The number of halogens is 1. The molecule has 2 rings (SSSR count). The van der Waals surface area contributed by atoms with Crippen molar-refractivity contribution in [2.45, 2.75) is 0 Å². The van der Waals surface area contributed by atoms with Gasteiger partial charge >= 0.3 is 0 Å². The predicted octanol–water partition coefficient (Wildman–Crippen LogP) is 2.87. The number of furan rings is 1. The number of amides is 1. The normalized spacial score (nSPS) is 19.3. The summed E-state index contributed by atoms with van der Waals surface area (Å²) in [6.07, 6.45) is 1.69. The molecule has 2 heterocycles. The molecule has 1 aliphatic rings. The Labute approximate surface area is 105 Å². The predicted molar refractivity (Wildman–Crippen MR) is 67.3 cm³/mol. The molecule has 0 aromatic carbocycles. The first-order valence-electron chi connectivity index (χ1n) is 4.05. The van der Waals surface area contributed by atoms with E-state index in [1.54, 1.807) is 25.3 Å². The zero-order valence-corrected chi connectivity index (χ0v) is 10.9. The maximum Gasteiger partial charge on any atom is 0.266 e. The highest BCUT2D eigenvalue weighted by Gasteiger charge is 2.28. The van der Waals surface area contributed by atoms with E-state index in [0.29, 0.717) is 19.7 Å². The minimum absolute atomic E-state index is 0.0856. The Bertz CT molecular complexity index is 466. The summed E-state index contributed by atoms with van der Waals surface area (Å²) >= 11 is 9.48. The van der Waals surface area contributed by atoms with Gasteiger partial charge in [0.05, 0.1) is 4.91 Å². The summed E-state index contributed by atoms with van der Waals surface area (Å²) in [7, 11) is 1.66. The molecule has 1 aromatic rings. The summed E-state index contributed by atoms with van der Waals surface area (Å²) in [6.45, 7) is 0. The van der Waals surface area contributed by atoms with Gasteiger partial charge in [0.2, 0.25) is 0 Å². The number of likely N-dealkylation sites (N-methyl/N-ethyl adjacent to an activating group) is 1. The maximum atomic E-state index is 11.6. The van der Waals surface area contributed by atoms with Crippen molar-refractivity contribution in [1.82, 2.24) is 4.90 Å². The lowest BCUT2D eigenvalue weighted by Gasteiger charge is -2.03. The molecule has 6 heteroatoms. The van der Waals surface area contributed by atoms with Crippen molar-refractivity contribution < 1.29 is 9.21 Å². The zero-order valence-electron chi connectivity index (χ0n) is 7.69. The van der Waals surface area contributed by atoms with E-state index in [4.69, 9.17) is 16.6 Å². The van der Waals surface area contributed by atoms with Gasteiger partial charge < -0.3 is 4.42 Å². The van der Waals surface area contributed by atoms with Gasteiger partial charge in [-0.1, -0.05) is 24.0 Å². The fourth-order valence-corrected chi connectivity index (χ4v) is 2.56. The number of hydrogen-bond donors (Lipinski definition) is 0. The smallest absolute Gasteiger partial charge is 0.266 e. The number of rotatable bonds is 1. The third kappa shape index (κ3) is 2.16. The number of hydrogen-bond acceptors (Lipinski definition) is 4. The van der Waals surface area contributed by atoms with Crippen LogP contribution in [0.1, 0.15) is 5.76 Å². The Morgan fingerprint density at radius 3 is 2.80 bits per heavy atom. The van der Waals surface area contributed by atoms with Crippen LogP contribution in [0.15, 0.2) is 26.1 Å². The van der Waals surface area contributed by atoms with Crippen molar-refractivity contribution in [3.63, 3.8) is 0 Å². The average Bonchev–Trinajstić information content (AvgIpc) is 2.68. The van der Waals surface area contributed by atoms with Gasteiger partial charge in [-0.3, -0.25) is 9.69 Å². The van der Waals surface area contributed by atoms with Crippen LogP contribution in [0.5, 0.6) is 0 Å². The SMILES string of the molecule is CN1C(=O)C(=Cc2ccc(Br)o2)SC1=S. The fraction of sp³-hybridized carbons (Fsp3) is 0.111. The molecule has 0 unspecified atom stereocenters. The van der Waals surface area contributed by atoms with Gasteiger partial charge in [0.25, 0.3) is 5.91 Å². The first-order chi connectivity index (χ1) is 7.08. The highest BCUT2D eigenvalue weighted by Crippen LogP contribution is 2.31. The Balaban J connectivity index is 2.29. The summed E-state index contributed by atoms with van der Waals surface area (Å²) in [4.78, 5) is 13.7. The third-order valence-corrected chi connectivity index (χ3v) is 3.76. The molecular formula is C9H6BrNO2S2. The molecule has 1 fully saturated rings. The Hall–Kier alpha value is -0.590. The van der Waals surface area contributed by atoms with E-state index in [1.165, 1.54) is 16.7 Å². The lowest BCUT2D eigenvalue weighted by atomic mass is 10.4. The van der Waals surface area contributed by atoms with Crippen LogP contribution in [0.4, 0.5) is 0 Å². The number of nitrogens with zero attached hydrogens (tertiary/aromatic N) is 1. The molecular weight excluding hydrogens is 298 g/mol. The summed E-state index contributed by atoms with van der Waals surface area (Å²) in [5.41, 5.74) is 0. The highest BCUT2D eigenvalue weighted by atomic mass is 79.9. The largest absolute Gasteiger partial charge is 0.450 e. The monoisotopic (exact) mass is 303 g/mol. The molecule has 1 aliphatic heterocycles. The van der Waals surface area contributed by atoms with Crippen LogP contribution in [-0.2, 0) is 4.79 Å². The van der Waals surface area contributed by atoms with Gasteiger partial charge in [-0.25, -0.2) is 0 Å². The molecule has 78 valence electrons. The molecule has 15 heavy (non-hydrogen) atoms. The topological polar surface area (TPSA) is 33.5 Å². The van der Waals surface area contributed by atoms with Crippen molar-refractivity contribution in [1.29, 1.82) is 0 Å². The van der Waals surface area contributed by atoms with E-state index in [0.717, 1.165) is 0 Å². The van der Waals surface area contributed by atoms with Gasteiger partial charge in [-0.15, -0.1) is 0 Å². The number of carbonyl (C=O) groups is 1. The molecule has 1 aromatic heterocycles. The van der Waals surface area contributed by atoms with Crippen molar-refractivity contribution in [2.24, 2.45) is 0 Å². The number of carbonyl (C=O) groups excluding carboxylic acids is 1. The Kier molecular flexibility index (Phi) is 2.99. The average molecular weight is 304 g/mol. The lowest BCUT2D eigenvalue weighted by molar-refractivity contribution is -0.121. The van der Waals surface area contributed by atoms with Gasteiger partial charge in [-0.2, -0.15) is 0 Å². The minimum atomic E-state index is -0.0856. The summed E-state index contributed by atoms with van der Waals surface area (Å²) < 4.78 is 6.48. The van der Waals surface area contributed by atoms with Crippen LogP contribution < -0.4 is 0 Å². The Morgan fingerprint density at radius 2 is 2.33 bits per heavy atom. The van der Waals surface area contributed by atoms with Gasteiger partial charge in [0, 0.05) is 13.1 Å². The molecule has 0 saturated carbocycles. The van der Waals surface area contributed by atoms with Crippen molar-refractivity contribution in [3.05, 3.63) is 27.5 Å². The summed E-state index contributed by atoms with van der Waals surface area (Å²) in [6, 6.07) is 3.56. The number of thioether (sulfide) groups is 1. The van der Waals surface area contributed by atoms with Crippen LogP contribution in [0.25, 0.3) is 6.08 Å². The van der Waals surface area contributed by atoms with Crippen molar-refractivity contribution in [2.75, 3.05) is 7.05 Å². The molecule has 0 N–H and O–H groups in total. The first-order valence-corrected chi connectivity index (χ1v) is 6.06. The Morgan fingerprint density at radius 1 is 1.60 bits per heavy atom. The van der Waals surface area contributed by atoms with Crippen LogP contribution in [-0.4, -0.2) is 22.2 Å². The standard InChI is InChI=1S/C9H6BrNO2S2/c1-11-8(12)6(15-9(11)14)4-5-2-3-7(10)13-5/h2-4H,1H3. The molecule has 0 atom stereocenters. The van der Waals surface area contributed by atoms with Crippen LogP contribution in [0.2, 0.25) is 0 Å². The fourth-order valence-electron chi connectivity index (χ4n) is 1.08. The highest BCUT2D eigenvalue weighted by molar-refractivity contribution is 9.10. The van der Waals surface area contributed by atoms with Gasteiger partial charge in [-0.05, 0) is 28.1 Å². The van der Waals surface area contributed by atoms with E-state index < -0.39 is 0 Å². The van der Waals surface area contributed by atoms with E-state index in [1.807, 2.05) is 0 Å². The number of thiocarbonyl (C=S) groups is 1. The van der Waals surface area contributed by atoms with Crippen molar-refractivity contribution >= 4 is 56.2 Å². The van der Waals surface area contributed by atoms with Crippen molar-refractivity contribution in [3.8, 4) is 0 Å². The second-order valence-corrected chi connectivity index (χ2v) is 5.34. The molecule has 0 radical (unpaired) electrons. The second-order valence-electron chi connectivity index (χ2n) is 2.88. The minimum Gasteiger partial charge on any atom is -0.450 e. The maximum absolute atomic E-state index is 11.6. The van der Waals surface area contributed by atoms with E-state index in [9.17, 15) is 4.79 Å². The quantitative estimate of drug-likeness (QED) is 0.590. The molecule has 1 amide bonds. The van der Waals surface area contributed by atoms with E-state index in [-0.39, 0.29) is 5.91 Å². The lowest BCUT2D eigenvalue weighted by Crippen LogP contribution is -2.22. The summed E-state index contributed by atoms with van der Waals surface area (Å²) in [5, 5.41) is 0. The molecule has 0 aliphatic carbocycles. The van der Waals surface area contributed by atoms with Crippen LogP contribution >= 0.6 is 39.9 Å². The third-order valence-electron chi connectivity index (χ3n) is 1.85. The molecule has 1 saturated heterocycles. The molecule has 0 bridgehead atoms.